The van der Waals surface area contributed by atoms with E-state index in [-0.39, 0.29) is 18.1 Å². The van der Waals surface area contributed by atoms with Crippen LogP contribution in [0.4, 0.5) is 5.82 Å². The molecule has 0 fully saturated rings. The van der Waals surface area contributed by atoms with Gasteiger partial charge in [-0.15, -0.1) is 0 Å². The number of carbonyl (C=O) groups is 1. The molecule has 2 heterocycles. The number of aromatic amines is 1. The lowest BCUT2D eigenvalue weighted by atomic mass is 10.2. The second kappa shape index (κ2) is 6.25. The fourth-order valence-electron chi connectivity index (χ4n) is 2.25. The van der Waals surface area contributed by atoms with E-state index in [9.17, 15) is 9.90 Å². The predicted molar refractivity (Wildman–Crippen MR) is 90.3 cm³/mol. The molecule has 2 aromatic heterocycles. The summed E-state index contributed by atoms with van der Waals surface area (Å²) in [5.41, 5.74) is 9.05. The number of nitrogens with two attached hydrogens (primary N) is 1. The molecule has 0 saturated carbocycles. The number of aromatic nitrogens is 4. The second-order valence-corrected chi connectivity index (χ2v) is 5.65. The molecular weight excluding hydrogens is 308 g/mol. The molecule has 1 amide bonds. The number of aliphatic hydroxyl groups excluding tert-OH is 1. The summed E-state index contributed by atoms with van der Waals surface area (Å²) in [6.45, 7) is 3.70. The molecule has 0 aliphatic rings. The minimum atomic E-state index is -0.645. The zero-order valence-electron chi connectivity index (χ0n) is 13.4. The number of H-pyrrole nitrogens is 1. The minimum absolute atomic E-state index is 0.108. The summed E-state index contributed by atoms with van der Waals surface area (Å²) in [5.74, 6) is 0.195. The summed E-state index contributed by atoms with van der Waals surface area (Å²) in [7, 11) is 0. The number of imidazole rings is 1. The fraction of sp³-hybridized carbons (Fsp3) is 0.250. The first kappa shape index (κ1) is 15.9. The quantitative estimate of drug-likeness (QED) is 0.566. The first-order valence-electron chi connectivity index (χ1n) is 7.49. The Morgan fingerprint density at radius 3 is 2.96 bits per heavy atom. The first-order valence-corrected chi connectivity index (χ1v) is 7.49. The van der Waals surface area contributed by atoms with E-state index in [1.54, 1.807) is 6.92 Å². The molecule has 8 nitrogen and oxygen atoms in total. The van der Waals surface area contributed by atoms with Crippen LogP contribution in [0.1, 0.15) is 23.0 Å². The Labute approximate surface area is 138 Å². The van der Waals surface area contributed by atoms with Crippen LogP contribution in [0.2, 0.25) is 0 Å². The normalized spacial score (nSPS) is 12.3. The zero-order chi connectivity index (χ0) is 17.3. The summed E-state index contributed by atoms with van der Waals surface area (Å²) in [4.78, 5) is 27.9. The molecule has 3 rings (SSSR count). The van der Waals surface area contributed by atoms with Crippen molar-refractivity contribution in [1.29, 1.82) is 0 Å². The standard InChI is InChI=1S/C16H18N6O2/c1-8-3-4-10-11(5-8)22-15(21-10)13-14(17)18-7-12(20-13)16(24)19-6-9(2)23/h3-5,7,9,23H,6H2,1-2H3,(H2,17,18)(H,19,24)(H,21,22). The van der Waals surface area contributed by atoms with Gasteiger partial charge in [0.05, 0.1) is 23.3 Å². The molecule has 24 heavy (non-hydrogen) atoms. The van der Waals surface area contributed by atoms with E-state index in [0.29, 0.717) is 11.5 Å². The van der Waals surface area contributed by atoms with Crippen molar-refractivity contribution < 1.29 is 9.90 Å². The maximum atomic E-state index is 12.1. The largest absolute Gasteiger partial charge is 0.392 e. The van der Waals surface area contributed by atoms with E-state index in [1.165, 1.54) is 6.20 Å². The second-order valence-electron chi connectivity index (χ2n) is 5.65. The van der Waals surface area contributed by atoms with Gasteiger partial charge in [-0.25, -0.2) is 15.0 Å². The van der Waals surface area contributed by atoms with Crippen LogP contribution in [0.15, 0.2) is 24.4 Å². The molecule has 1 atom stereocenters. The Balaban J connectivity index is 1.97. The number of benzene rings is 1. The molecule has 1 unspecified atom stereocenters. The monoisotopic (exact) mass is 326 g/mol. The van der Waals surface area contributed by atoms with E-state index in [1.807, 2.05) is 25.1 Å². The van der Waals surface area contributed by atoms with Crippen LogP contribution in [0.5, 0.6) is 0 Å². The third-order valence-electron chi connectivity index (χ3n) is 3.45. The molecular formula is C16H18N6O2. The van der Waals surface area contributed by atoms with Gasteiger partial charge in [-0.05, 0) is 31.5 Å². The van der Waals surface area contributed by atoms with Crippen LogP contribution in [0.3, 0.4) is 0 Å². The van der Waals surface area contributed by atoms with Gasteiger partial charge in [-0.3, -0.25) is 4.79 Å². The summed E-state index contributed by atoms with van der Waals surface area (Å²) < 4.78 is 0. The van der Waals surface area contributed by atoms with Gasteiger partial charge in [0.2, 0.25) is 0 Å². The number of anilines is 1. The molecule has 1 aromatic carbocycles. The SMILES string of the molecule is Cc1ccc2nc(-c3nc(C(=O)NCC(C)O)cnc3N)[nH]c2c1. The minimum Gasteiger partial charge on any atom is -0.392 e. The number of nitrogens with one attached hydrogen (secondary N) is 2. The van der Waals surface area contributed by atoms with E-state index in [0.717, 1.165) is 16.6 Å². The highest BCUT2D eigenvalue weighted by atomic mass is 16.3. The van der Waals surface area contributed by atoms with Crippen molar-refractivity contribution in [2.24, 2.45) is 0 Å². The molecule has 3 aromatic rings. The number of carbonyl (C=O) groups excluding carboxylic acids is 1. The molecule has 0 aliphatic carbocycles. The Bertz CT molecular complexity index is 903. The highest BCUT2D eigenvalue weighted by molar-refractivity contribution is 5.93. The Hall–Kier alpha value is -3.00. The molecule has 124 valence electrons. The number of nitrogens with zero attached hydrogens (tertiary/aromatic N) is 3. The highest BCUT2D eigenvalue weighted by Crippen LogP contribution is 2.23. The summed E-state index contributed by atoms with van der Waals surface area (Å²) in [6.07, 6.45) is 0.650. The van der Waals surface area contributed by atoms with Gasteiger partial charge in [-0.1, -0.05) is 6.07 Å². The van der Waals surface area contributed by atoms with Crippen molar-refractivity contribution >= 4 is 22.8 Å². The van der Waals surface area contributed by atoms with Crippen molar-refractivity contribution in [2.75, 3.05) is 12.3 Å². The molecule has 0 radical (unpaired) electrons. The Kier molecular flexibility index (Phi) is 4.13. The molecule has 0 spiro atoms. The highest BCUT2D eigenvalue weighted by Gasteiger charge is 2.16. The predicted octanol–water partition coefficient (Wildman–Crippen LogP) is 1.02. The molecule has 0 bridgehead atoms. The zero-order valence-corrected chi connectivity index (χ0v) is 13.4. The van der Waals surface area contributed by atoms with Crippen molar-refractivity contribution in [1.82, 2.24) is 25.3 Å². The van der Waals surface area contributed by atoms with E-state index in [4.69, 9.17) is 5.73 Å². The number of hydrogen-bond donors (Lipinski definition) is 4. The van der Waals surface area contributed by atoms with Gasteiger partial charge in [0.25, 0.3) is 5.91 Å². The number of amides is 1. The van der Waals surface area contributed by atoms with E-state index >= 15 is 0 Å². The van der Waals surface area contributed by atoms with E-state index < -0.39 is 12.0 Å². The van der Waals surface area contributed by atoms with Gasteiger partial charge >= 0.3 is 0 Å². The number of hydrogen-bond acceptors (Lipinski definition) is 6. The van der Waals surface area contributed by atoms with Crippen LogP contribution in [-0.2, 0) is 0 Å². The summed E-state index contributed by atoms with van der Waals surface area (Å²) >= 11 is 0. The summed E-state index contributed by atoms with van der Waals surface area (Å²) in [5, 5.41) is 11.8. The van der Waals surface area contributed by atoms with Crippen molar-refractivity contribution in [2.45, 2.75) is 20.0 Å². The molecule has 0 saturated heterocycles. The lowest BCUT2D eigenvalue weighted by Crippen LogP contribution is -2.31. The van der Waals surface area contributed by atoms with Crippen LogP contribution in [-0.4, -0.2) is 43.6 Å². The number of aryl methyl sites for hydroxylation is 1. The topological polar surface area (TPSA) is 130 Å². The average molecular weight is 326 g/mol. The van der Waals surface area contributed by atoms with Crippen LogP contribution < -0.4 is 11.1 Å². The van der Waals surface area contributed by atoms with Crippen LogP contribution in [0.25, 0.3) is 22.6 Å². The Morgan fingerprint density at radius 1 is 1.42 bits per heavy atom. The third kappa shape index (κ3) is 3.18. The first-order chi connectivity index (χ1) is 11.4. The maximum Gasteiger partial charge on any atom is 0.271 e. The maximum absolute atomic E-state index is 12.1. The van der Waals surface area contributed by atoms with Gasteiger partial charge in [0, 0.05) is 6.54 Å². The fourth-order valence-corrected chi connectivity index (χ4v) is 2.25. The average Bonchev–Trinajstić information content (AvgIpc) is 2.95. The van der Waals surface area contributed by atoms with Gasteiger partial charge < -0.3 is 21.1 Å². The third-order valence-corrected chi connectivity index (χ3v) is 3.45. The number of aliphatic hydroxyl groups is 1. The smallest absolute Gasteiger partial charge is 0.271 e. The number of rotatable bonds is 4. The lowest BCUT2D eigenvalue weighted by Gasteiger charge is -2.08. The van der Waals surface area contributed by atoms with Crippen molar-refractivity contribution in [3.05, 3.63) is 35.7 Å². The molecule has 5 N–H and O–H groups in total. The molecule has 0 aliphatic heterocycles. The number of nitrogen functional groups attached to an aromatic ring is 1. The van der Waals surface area contributed by atoms with Gasteiger partial charge in [0.15, 0.2) is 11.6 Å². The number of fused-ring (bicyclic) bond motifs is 1. The molecule has 8 heteroatoms. The Morgan fingerprint density at radius 2 is 2.21 bits per heavy atom. The lowest BCUT2D eigenvalue weighted by molar-refractivity contribution is 0.0919. The van der Waals surface area contributed by atoms with E-state index in [2.05, 4.69) is 25.3 Å². The summed E-state index contributed by atoms with van der Waals surface area (Å²) in [6, 6.07) is 5.82. The van der Waals surface area contributed by atoms with Crippen molar-refractivity contribution in [3.63, 3.8) is 0 Å². The van der Waals surface area contributed by atoms with Crippen LogP contribution >= 0.6 is 0 Å². The van der Waals surface area contributed by atoms with Gasteiger partial charge in [0.1, 0.15) is 11.4 Å². The van der Waals surface area contributed by atoms with Gasteiger partial charge in [-0.2, -0.15) is 0 Å². The van der Waals surface area contributed by atoms with Crippen molar-refractivity contribution in [3.8, 4) is 11.5 Å². The van der Waals surface area contributed by atoms with Crippen LogP contribution in [0, 0.1) is 6.92 Å².